The number of ether oxygens (including phenoxy) is 3. The number of nitrogens with one attached hydrogen (secondary N) is 1. The van der Waals surface area contributed by atoms with E-state index in [1.54, 1.807) is 0 Å². The Morgan fingerprint density at radius 2 is 1.94 bits per heavy atom. The Kier molecular flexibility index (Phi) is 6.99. The Labute approximate surface area is 188 Å². The normalized spacial score (nSPS) is 22.4. The summed E-state index contributed by atoms with van der Waals surface area (Å²) in [7, 11) is 0. The Balaban J connectivity index is 1.90. The molecule has 172 valence electrons. The van der Waals surface area contributed by atoms with Gasteiger partial charge in [0, 0.05) is 20.0 Å². The van der Waals surface area contributed by atoms with E-state index in [1.807, 2.05) is 0 Å². The number of benzene rings is 1. The van der Waals surface area contributed by atoms with E-state index in [0.717, 1.165) is 18.4 Å². The van der Waals surface area contributed by atoms with Crippen molar-refractivity contribution in [2.75, 3.05) is 11.9 Å². The average molecular weight is 516 g/mol. The van der Waals surface area contributed by atoms with E-state index in [4.69, 9.17) is 14.2 Å². The maximum Gasteiger partial charge on any atom is 0.351 e. The maximum atomic E-state index is 15.1. The molecule has 3 N–H and O–H groups in total. The third-order valence-corrected chi connectivity index (χ3v) is 5.05. The predicted octanol–water partition coefficient (Wildman–Crippen LogP) is 1.89. The lowest BCUT2D eigenvalue weighted by Crippen LogP contribution is -2.37. The summed E-state index contributed by atoms with van der Waals surface area (Å²) in [6.45, 7) is 1.85. The second kappa shape index (κ2) is 9.53. The highest BCUT2D eigenvalue weighted by molar-refractivity contribution is 9.10. The van der Waals surface area contributed by atoms with Gasteiger partial charge in [-0.3, -0.25) is 14.2 Å². The van der Waals surface area contributed by atoms with Crippen molar-refractivity contribution >= 4 is 39.4 Å². The lowest BCUT2D eigenvalue weighted by molar-refractivity contribution is -0.156. The van der Waals surface area contributed by atoms with Crippen LogP contribution < -0.4 is 11.0 Å². The first-order chi connectivity index (χ1) is 15.1. The van der Waals surface area contributed by atoms with Crippen LogP contribution in [0, 0.1) is 0 Å². The largest absolute Gasteiger partial charge is 0.506 e. The molecule has 3 rings (SSSR count). The van der Waals surface area contributed by atoms with Gasteiger partial charge in [-0.15, -0.1) is 0 Å². The highest BCUT2D eigenvalue weighted by Gasteiger charge is 2.49. The number of aromatic nitrogens is 2. The number of nitrogens with zero attached hydrogens (tertiary/aromatic N) is 2. The third kappa shape index (κ3) is 4.99. The minimum atomic E-state index is -1.97. The molecule has 1 unspecified atom stereocenters. The van der Waals surface area contributed by atoms with Gasteiger partial charge in [-0.1, -0.05) is 6.07 Å². The molecule has 1 saturated heterocycles. The molecule has 0 radical (unpaired) electrons. The number of hydrogen-bond donors (Lipinski definition) is 3. The number of hydrogen-bond acceptors (Lipinski definition) is 10. The van der Waals surface area contributed by atoms with Gasteiger partial charge >= 0.3 is 17.6 Å². The molecule has 1 aliphatic heterocycles. The van der Waals surface area contributed by atoms with Crippen LogP contribution in [0.25, 0.3) is 0 Å². The lowest BCUT2D eigenvalue weighted by Gasteiger charge is -2.18. The third-order valence-electron chi connectivity index (χ3n) is 4.46. The van der Waals surface area contributed by atoms with Gasteiger partial charge in [0.05, 0.1) is 4.47 Å². The molecule has 0 spiro atoms. The van der Waals surface area contributed by atoms with Gasteiger partial charge in [0.2, 0.25) is 0 Å². The smallest absolute Gasteiger partial charge is 0.351 e. The van der Waals surface area contributed by atoms with Crippen LogP contribution in [-0.4, -0.2) is 56.7 Å². The van der Waals surface area contributed by atoms with Crippen molar-refractivity contribution < 1.29 is 38.4 Å². The fourth-order valence-electron chi connectivity index (χ4n) is 3.07. The first kappa shape index (κ1) is 23.5. The van der Waals surface area contributed by atoms with Crippen LogP contribution in [0.15, 0.2) is 33.7 Å². The molecule has 0 amide bonds. The second-order valence-electron chi connectivity index (χ2n) is 6.81. The van der Waals surface area contributed by atoms with Crippen molar-refractivity contribution in [3.8, 4) is 11.5 Å². The van der Waals surface area contributed by atoms with Crippen LogP contribution in [0.2, 0.25) is 0 Å². The Bertz CT molecular complexity index is 1070. The minimum absolute atomic E-state index is 0.0653. The molecular weight excluding hydrogens is 497 g/mol. The number of phenolic OH excluding ortho intramolecular Hbond substituents is 2. The highest BCUT2D eigenvalue weighted by atomic mass is 79.9. The van der Waals surface area contributed by atoms with Gasteiger partial charge in [-0.25, -0.2) is 9.18 Å². The molecule has 1 fully saturated rings. The zero-order chi connectivity index (χ0) is 23.6. The van der Waals surface area contributed by atoms with Crippen molar-refractivity contribution in [2.45, 2.75) is 38.5 Å². The zero-order valence-electron chi connectivity index (χ0n) is 16.8. The molecule has 0 saturated carbocycles. The molecule has 1 aromatic heterocycles. The van der Waals surface area contributed by atoms with Gasteiger partial charge in [0.1, 0.15) is 29.9 Å². The van der Waals surface area contributed by atoms with E-state index in [2.05, 4.69) is 26.2 Å². The number of aromatic hydroxyl groups is 2. The molecule has 1 aliphatic rings. The standard InChI is InChI=1S/C19H19BrFN3O8/c1-8(25)30-7-13-16(31-9(2)26)14(21)18(32-13)24-6-10(20)17(23-19(24)29)22-15-11(27)4-3-5-12(15)28/h3-6,13-14,16,18,27-28H,7H2,1-2H3,(H,22,23,29)/t13-,14+,16?,18-/m1/s1. The molecule has 13 heteroatoms. The molecule has 0 bridgehead atoms. The molecule has 0 aliphatic carbocycles. The number of alkyl halides is 1. The monoisotopic (exact) mass is 515 g/mol. The molecule has 4 atom stereocenters. The molecule has 1 aromatic carbocycles. The number of phenols is 2. The van der Waals surface area contributed by atoms with Crippen LogP contribution in [-0.2, 0) is 23.8 Å². The maximum absolute atomic E-state index is 15.1. The van der Waals surface area contributed by atoms with E-state index in [9.17, 15) is 24.6 Å². The summed E-state index contributed by atoms with van der Waals surface area (Å²) < 4.78 is 31.5. The number of carbonyl (C=O) groups excluding carboxylic acids is 2. The van der Waals surface area contributed by atoms with Crippen LogP contribution in [0.5, 0.6) is 11.5 Å². The van der Waals surface area contributed by atoms with E-state index < -0.39 is 42.2 Å². The Hall–Kier alpha value is -3.19. The highest BCUT2D eigenvalue weighted by Crippen LogP contribution is 2.37. The van der Waals surface area contributed by atoms with E-state index in [0.29, 0.717) is 0 Å². The van der Waals surface area contributed by atoms with E-state index in [1.165, 1.54) is 24.4 Å². The van der Waals surface area contributed by atoms with Gasteiger partial charge in [-0.05, 0) is 28.1 Å². The van der Waals surface area contributed by atoms with Crippen LogP contribution >= 0.6 is 15.9 Å². The predicted molar refractivity (Wildman–Crippen MR) is 110 cm³/mol. The Morgan fingerprint density at radius 1 is 1.28 bits per heavy atom. The summed E-state index contributed by atoms with van der Waals surface area (Å²) in [6.07, 6.45) is -4.87. The summed E-state index contributed by atoms with van der Waals surface area (Å²) >= 11 is 3.19. The minimum Gasteiger partial charge on any atom is -0.506 e. The molecule has 2 heterocycles. The first-order valence-corrected chi connectivity index (χ1v) is 10.0. The lowest BCUT2D eigenvalue weighted by atomic mass is 10.1. The molecular formula is C19H19BrFN3O8. The van der Waals surface area contributed by atoms with E-state index in [-0.39, 0.29) is 34.1 Å². The SMILES string of the molecule is CC(=O)OC[C@H]1O[C@@H](n2cc(Br)c(Nc3c(O)cccc3O)nc2=O)[C@@H](F)C1OC(C)=O. The summed E-state index contributed by atoms with van der Waals surface area (Å²) in [5.41, 5.74) is -1.03. The average Bonchev–Trinajstić information content (AvgIpc) is 3.00. The topological polar surface area (TPSA) is 149 Å². The molecule has 11 nitrogen and oxygen atoms in total. The quantitative estimate of drug-likeness (QED) is 0.384. The van der Waals surface area contributed by atoms with Gasteiger partial charge in [0.25, 0.3) is 0 Å². The Morgan fingerprint density at radius 3 is 2.53 bits per heavy atom. The molecule has 32 heavy (non-hydrogen) atoms. The number of halogens is 2. The van der Waals surface area contributed by atoms with Crippen LogP contribution in [0.4, 0.5) is 15.9 Å². The van der Waals surface area contributed by atoms with Gasteiger partial charge in [-0.2, -0.15) is 4.98 Å². The van der Waals surface area contributed by atoms with Crippen molar-refractivity contribution in [3.63, 3.8) is 0 Å². The summed E-state index contributed by atoms with van der Waals surface area (Å²) in [4.78, 5) is 38.9. The van der Waals surface area contributed by atoms with Crippen molar-refractivity contribution in [3.05, 3.63) is 39.4 Å². The number of anilines is 2. The number of esters is 2. The van der Waals surface area contributed by atoms with Crippen LogP contribution in [0.1, 0.15) is 20.1 Å². The van der Waals surface area contributed by atoms with Gasteiger partial charge < -0.3 is 29.7 Å². The van der Waals surface area contributed by atoms with Crippen molar-refractivity contribution in [2.24, 2.45) is 0 Å². The summed E-state index contributed by atoms with van der Waals surface area (Å²) in [5, 5.41) is 22.4. The number of para-hydroxylation sites is 1. The zero-order valence-corrected chi connectivity index (χ0v) is 18.4. The fraction of sp³-hybridized carbons (Fsp3) is 0.368. The first-order valence-electron chi connectivity index (χ1n) is 9.25. The van der Waals surface area contributed by atoms with E-state index >= 15 is 4.39 Å². The summed E-state index contributed by atoms with van der Waals surface area (Å²) in [5.74, 6) is -2.06. The van der Waals surface area contributed by atoms with Crippen LogP contribution in [0.3, 0.4) is 0 Å². The fourth-order valence-corrected chi connectivity index (χ4v) is 3.48. The second-order valence-corrected chi connectivity index (χ2v) is 7.66. The van der Waals surface area contributed by atoms with Crippen molar-refractivity contribution in [1.82, 2.24) is 9.55 Å². The number of carbonyl (C=O) groups is 2. The molecule has 2 aromatic rings. The van der Waals surface area contributed by atoms with Gasteiger partial charge in [0.15, 0.2) is 24.3 Å². The summed E-state index contributed by atoms with van der Waals surface area (Å²) in [6, 6.07) is 4.05. The number of rotatable bonds is 6. The van der Waals surface area contributed by atoms with Crippen molar-refractivity contribution in [1.29, 1.82) is 0 Å².